The monoisotopic (exact) mass is 575 g/mol. The molecule has 0 unspecified atom stereocenters. The minimum absolute atomic E-state index is 0.0317. The Morgan fingerprint density at radius 3 is 2.42 bits per heavy atom. The van der Waals surface area contributed by atoms with Gasteiger partial charge in [0.25, 0.3) is 5.91 Å². The number of hydrazone groups is 1. The number of nitrogens with zero attached hydrogens (tertiary/aromatic N) is 2. The first kappa shape index (κ1) is 24.1. The third-order valence-corrected chi connectivity index (χ3v) is 5.09. The van der Waals surface area contributed by atoms with Gasteiger partial charge in [0.2, 0.25) is 0 Å². The van der Waals surface area contributed by atoms with Gasteiger partial charge >= 0.3 is 11.7 Å². The van der Waals surface area contributed by atoms with Gasteiger partial charge in [0.15, 0.2) is 12.4 Å². The quantitative estimate of drug-likeness (QED) is 0.134. The summed E-state index contributed by atoms with van der Waals surface area (Å²) in [6.45, 7) is -0.480. The van der Waals surface area contributed by atoms with Crippen molar-refractivity contribution in [2.24, 2.45) is 5.10 Å². The van der Waals surface area contributed by atoms with Crippen LogP contribution >= 0.6 is 31.9 Å². The molecule has 0 fully saturated rings. The van der Waals surface area contributed by atoms with E-state index in [1.165, 1.54) is 24.4 Å². The Bertz CT molecular complexity index is 1220. The van der Waals surface area contributed by atoms with Crippen LogP contribution < -0.4 is 14.9 Å². The van der Waals surface area contributed by atoms with Gasteiger partial charge in [0.1, 0.15) is 5.75 Å². The second-order valence-electron chi connectivity index (χ2n) is 6.39. The first-order valence-electron chi connectivity index (χ1n) is 9.29. The summed E-state index contributed by atoms with van der Waals surface area (Å²) in [5.74, 6) is -0.981. The van der Waals surface area contributed by atoms with Gasteiger partial charge < -0.3 is 9.47 Å². The van der Waals surface area contributed by atoms with E-state index < -0.39 is 23.4 Å². The summed E-state index contributed by atoms with van der Waals surface area (Å²) >= 11 is 6.64. The highest BCUT2D eigenvalue weighted by Crippen LogP contribution is 2.26. The van der Waals surface area contributed by atoms with Crippen molar-refractivity contribution >= 4 is 55.6 Å². The Kier molecular flexibility index (Phi) is 8.28. The van der Waals surface area contributed by atoms with Crippen molar-refractivity contribution in [1.29, 1.82) is 0 Å². The molecule has 3 aromatic rings. The summed E-state index contributed by atoms with van der Waals surface area (Å²) in [6, 6.07) is 17.3. The van der Waals surface area contributed by atoms with Crippen molar-refractivity contribution < 1.29 is 24.0 Å². The molecule has 9 nitrogen and oxygen atoms in total. The Labute approximate surface area is 204 Å². The number of carbonyl (C=O) groups is 2. The minimum Gasteiger partial charge on any atom is -0.477 e. The molecule has 0 heterocycles. The van der Waals surface area contributed by atoms with E-state index in [4.69, 9.17) is 9.47 Å². The molecule has 11 heteroatoms. The largest absolute Gasteiger partial charge is 0.477 e. The molecule has 0 aliphatic heterocycles. The van der Waals surface area contributed by atoms with Crippen LogP contribution in [0.25, 0.3) is 0 Å². The van der Waals surface area contributed by atoms with Crippen molar-refractivity contribution in [2.75, 3.05) is 6.61 Å². The van der Waals surface area contributed by atoms with Gasteiger partial charge in [0, 0.05) is 20.6 Å². The molecule has 0 atom stereocenters. The van der Waals surface area contributed by atoms with E-state index in [1.807, 2.05) is 0 Å². The molecular weight excluding hydrogens is 562 g/mol. The molecule has 1 N–H and O–H groups in total. The second kappa shape index (κ2) is 11.3. The highest BCUT2D eigenvalue weighted by atomic mass is 79.9. The third-order valence-electron chi connectivity index (χ3n) is 4.07. The topological polar surface area (TPSA) is 120 Å². The van der Waals surface area contributed by atoms with Gasteiger partial charge in [-0.05, 0) is 48.5 Å². The second-order valence-corrected chi connectivity index (χ2v) is 8.22. The third kappa shape index (κ3) is 6.96. The lowest BCUT2D eigenvalue weighted by molar-refractivity contribution is -0.385. The highest BCUT2D eigenvalue weighted by molar-refractivity contribution is 9.10. The van der Waals surface area contributed by atoms with Crippen LogP contribution in [0, 0.1) is 10.1 Å². The number of hydrogen-bond donors (Lipinski definition) is 1. The number of esters is 1. The van der Waals surface area contributed by atoms with Crippen LogP contribution in [0.4, 0.5) is 5.69 Å². The maximum Gasteiger partial charge on any atom is 0.343 e. The van der Waals surface area contributed by atoms with E-state index in [0.29, 0.717) is 15.6 Å². The molecule has 0 saturated heterocycles. The molecule has 0 aliphatic carbocycles. The van der Waals surface area contributed by atoms with Crippen LogP contribution in [0.2, 0.25) is 0 Å². The Balaban J connectivity index is 1.63. The van der Waals surface area contributed by atoms with E-state index in [1.54, 1.807) is 48.5 Å². The van der Waals surface area contributed by atoms with Crippen LogP contribution in [-0.2, 0) is 4.79 Å². The summed E-state index contributed by atoms with van der Waals surface area (Å²) in [6.07, 6.45) is 1.30. The number of rotatable bonds is 8. The number of halogens is 2. The summed E-state index contributed by atoms with van der Waals surface area (Å²) in [5.41, 5.74) is 2.80. The number of hydrogen-bond acceptors (Lipinski definition) is 7. The van der Waals surface area contributed by atoms with Crippen molar-refractivity contribution in [3.05, 3.63) is 96.9 Å². The SMILES string of the molecule is O=C(COc1ccccc1[N+](=O)[O-])NN=Cc1cc(Br)ccc1OC(=O)c1ccc(Br)cc1. The van der Waals surface area contributed by atoms with Crippen LogP contribution in [0.1, 0.15) is 15.9 Å². The number of nitro groups is 1. The molecule has 1 amide bonds. The number of nitrogens with one attached hydrogen (secondary N) is 1. The van der Waals surface area contributed by atoms with E-state index in [9.17, 15) is 19.7 Å². The smallest absolute Gasteiger partial charge is 0.343 e. The van der Waals surface area contributed by atoms with E-state index in [2.05, 4.69) is 42.4 Å². The van der Waals surface area contributed by atoms with E-state index >= 15 is 0 Å². The fourth-order valence-corrected chi connectivity index (χ4v) is 3.18. The molecule has 0 bridgehead atoms. The van der Waals surface area contributed by atoms with E-state index in [0.717, 1.165) is 4.47 Å². The molecular formula is C22H15Br2N3O6. The molecule has 3 rings (SSSR count). The highest BCUT2D eigenvalue weighted by Gasteiger charge is 2.15. The number of carbonyl (C=O) groups excluding carboxylic acids is 2. The summed E-state index contributed by atoms with van der Waals surface area (Å²) in [5, 5.41) is 14.8. The number of amides is 1. The number of ether oxygens (including phenoxy) is 2. The molecule has 168 valence electrons. The van der Waals surface area contributed by atoms with Gasteiger partial charge in [-0.1, -0.05) is 44.0 Å². The standard InChI is InChI=1S/C22H15Br2N3O6/c23-16-7-5-14(6-8-16)22(29)33-19-10-9-17(24)11-15(19)12-25-26-21(28)13-32-20-4-2-1-3-18(20)27(30)31/h1-12H,13H2,(H,26,28). The van der Waals surface area contributed by atoms with Gasteiger partial charge in [-0.2, -0.15) is 5.10 Å². The normalized spacial score (nSPS) is 10.6. The van der Waals surface area contributed by atoms with Crippen LogP contribution in [0.15, 0.2) is 80.8 Å². The Morgan fingerprint density at radius 1 is 1.00 bits per heavy atom. The maximum atomic E-state index is 12.4. The molecule has 0 saturated carbocycles. The number of benzene rings is 3. The molecule has 0 aromatic heterocycles. The van der Waals surface area contributed by atoms with Gasteiger partial charge in [-0.25, -0.2) is 10.2 Å². The number of para-hydroxylation sites is 2. The fraction of sp³-hybridized carbons (Fsp3) is 0.0455. The van der Waals surface area contributed by atoms with E-state index in [-0.39, 0.29) is 17.2 Å². The van der Waals surface area contributed by atoms with Gasteiger partial charge in [-0.15, -0.1) is 0 Å². The van der Waals surface area contributed by atoms with Crippen LogP contribution in [-0.4, -0.2) is 29.6 Å². The molecule has 33 heavy (non-hydrogen) atoms. The first-order valence-corrected chi connectivity index (χ1v) is 10.9. The van der Waals surface area contributed by atoms with Crippen molar-refractivity contribution in [1.82, 2.24) is 5.43 Å². The van der Waals surface area contributed by atoms with Gasteiger partial charge in [-0.3, -0.25) is 14.9 Å². The van der Waals surface area contributed by atoms with Crippen LogP contribution in [0.5, 0.6) is 11.5 Å². The summed E-state index contributed by atoms with van der Waals surface area (Å²) < 4.78 is 12.2. The zero-order valence-corrected chi connectivity index (χ0v) is 19.9. The lowest BCUT2D eigenvalue weighted by atomic mass is 10.2. The first-order chi connectivity index (χ1) is 15.8. The average molecular weight is 577 g/mol. The van der Waals surface area contributed by atoms with Crippen molar-refractivity contribution in [3.63, 3.8) is 0 Å². The molecule has 0 spiro atoms. The van der Waals surface area contributed by atoms with Crippen molar-refractivity contribution in [3.8, 4) is 11.5 Å². The molecule has 0 aliphatic rings. The number of nitro benzene ring substituents is 1. The van der Waals surface area contributed by atoms with Crippen LogP contribution in [0.3, 0.4) is 0 Å². The average Bonchev–Trinajstić information content (AvgIpc) is 2.80. The fourth-order valence-electron chi connectivity index (χ4n) is 2.54. The molecule has 0 radical (unpaired) electrons. The summed E-state index contributed by atoms with van der Waals surface area (Å²) in [7, 11) is 0. The summed E-state index contributed by atoms with van der Waals surface area (Å²) in [4.78, 5) is 34.8. The lowest BCUT2D eigenvalue weighted by Crippen LogP contribution is -2.24. The zero-order valence-electron chi connectivity index (χ0n) is 16.7. The van der Waals surface area contributed by atoms with Crippen molar-refractivity contribution in [2.45, 2.75) is 0 Å². The minimum atomic E-state index is -0.632. The Morgan fingerprint density at radius 2 is 1.70 bits per heavy atom. The zero-order chi connectivity index (χ0) is 23.8. The van der Waals surface area contributed by atoms with Gasteiger partial charge in [0.05, 0.1) is 16.7 Å². The predicted octanol–water partition coefficient (Wildman–Crippen LogP) is 4.87. The lowest BCUT2D eigenvalue weighted by Gasteiger charge is -2.08. The molecule has 3 aromatic carbocycles. The predicted molar refractivity (Wildman–Crippen MR) is 128 cm³/mol. The Hall–Kier alpha value is -3.57. The maximum absolute atomic E-state index is 12.4.